The van der Waals surface area contributed by atoms with E-state index < -0.39 is 10.9 Å². The lowest BCUT2D eigenvalue weighted by Crippen LogP contribution is -2.20. The lowest BCUT2D eigenvalue weighted by molar-refractivity contribution is -0.384. The van der Waals surface area contributed by atoms with Crippen molar-refractivity contribution in [2.75, 3.05) is 12.4 Å². The van der Waals surface area contributed by atoms with Crippen LogP contribution in [0.5, 0.6) is 0 Å². The van der Waals surface area contributed by atoms with Gasteiger partial charge in [0, 0.05) is 24.8 Å². The summed E-state index contributed by atoms with van der Waals surface area (Å²) in [6.07, 6.45) is 0.638. The highest BCUT2D eigenvalue weighted by molar-refractivity contribution is 6.34. The zero-order valence-electron chi connectivity index (χ0n) is 15.3. The third kappa shape index (κ3) is 3.96. The average molecular weight is 381 g/mol. The number of carbonyl (C=O) groups excluding carboxylic acids is 1. The smallest absolute Gasteiger partial charge is 0.339 e. The van der Waals surface area contributed by atoms with Gasteiger partial charge in [-0.15, -0.1) is 0 Å². The molecule has 0 saturated heterocycles. The highest BCUT2D eigenvalue weighted by Gasteiger charge is 2.23. The Morgan fingerprint density at radius 1 is 1.46 bits per heavy atom. The van der Waals surface area contributed by atoms with E-state index in [-0.39, 0.29) is 28.0 Å². The van der Waals surface area contributed by atoms with Crippen LogP contribution in [0.4, 0.5) is 11.4 Å². The summed E-state index contributed by atoms with van der Waals surface area (Å²) in [4.78, 5) is 22.5. The summed E-state index contributed by atoms with van der Waals surface area (Å²) in [5, 5.41) is 19.0. The summed E-state index contributed by atoms with van der Waals surface area (Å²) in [7, 11) is 3.07. The number of ether oxygens (including phenoxy) is 1. The number of methoxy groups -OCH3 is 1. The molecule has 0 bridgehead atoms. The molecule has 2 aromatic rings. The molecule has 1 N–H and O–H groups in total. The third-order valence-electron chi connectivity index (χ3n) is 4.26. The Hall–Kier alpha value is -2.61. The number of aryl methyl sites for hydroxylation is 2. The zero-order chi connectivity index (χ0) is 19.6. The number of benzene rings is 1. The van der Waals surface area contributed by atoms with Crippen LogP contribution in [0.2, 0.25) is 5.02 Å². The first-order valence-corrected chi connectivity index (χ1v) is 8.35. The molecule has 0 saturated carbocycles. The number of aromatic nitrogens is 2. The molecule has 1 unspecified atom stereocenters. The number of rotatable bonds is 6. The van der Waals surface area contributed by atoms with E-state index in [0.717, 1.165) is 23.0 Å². The molecular formula is C17H21ClN4O4. The van der Waals surface area contributed by atoms with Crippen LogP contribution >= 0.6 is 11.6 Å². The van der Waals surface area contributed by atoms with Gasteiger partial charge in [-0.25, -0.2) is 4.79 Å². The Kier molecular flexibility index (Phi) is 5.86. The quantitative estimate of drug-likeness (QED) is 0.468. The molecule has 0 aliphatic heterocycles. The van der Waals surface area contributed by atoms with Crippen LogP contribution in [0.1, 0.15) is 34.2 Å². The minimum absolute atomic E-state index is 0.0435. The van der Waals surface area contributed by atoms with Crippen molar-refractivity contribution in [3.05, 3.63) is 49.8 Å². The second kappa shape index (κ2) is 7.74. The second-order valence-electron chi connectivity index (χ2n) is 6.12. The molecule has 8 nitrogen and oxygen atoms in total. The summed E-state index contributed by atoms with van der Waals surface area (Å²) in [5.74, 6) is -0.723. The maximum absolute atomic E-state index is 11.7. The summed E-state index contributed by atoms with van der Waals surface area (Å²) in [6.45, 7) is 5.82. The fourth-order valence-corrected chi connectivity index (χ4v) is 3.07. The van der Waals surface area contributed by atoms with E-state index in [1.165, 1.54) is 13.2 Å². The van der Waals surface area contributed by atoms with Gasteiger partial charge in [0.25, 0.3) is 5.69 Å². The van der Waals surface area contributed by atoms with E-state index in [9.17, 15) is 14.9 Å². The third-order valence-corrected chi connectivity index (χ3v) is 4.57. The van der Waals surface area contributed by atoms with Gasteiger partial charge in [0.1, 0.15) is 5.69 Å². The normalized spacial score (nSPS) is 11.9. The fraction of sp³-hybridized carbons (Fsp3) is 0.412. The summed E-state index contributed by atoms with van der Waals surface area (Å²) >= 11 is 6.10. The maximum Gasteiger partial charge on any atom is 0.339 e. The van der Waals surface area contributed by atoms with Gasteiger partial charge in [-0.05, 0) is 38.8 Å². The molecule has 26 heavy (non-hydrogen) atoms. The van der Waals surface area contributed by atoms with E-state index in [4.69, 9.17) is 11.6 Å². The van der Waals surface area contributed by atoms with E-state index in [2.05, 4.69) is 15.2 Å². The number of nitro benzene ring substituents is 1. The first-order chi connectivity index (χ1) is 12.1. The van der Waals surface area contributed by atoms with Crippen molar-refractivity contribution in [1.82, 2.24) is 9.78 Å². The molecule has 2 rings (SSSR count). The Bertz CT molecular complexity index is 863. The van der Waals surface area contributed by atoms with Crippen molar-refractivity contribution in [3.8, 4) is 0 Å². The largest absolute Gasteiger partial charge is 0.465 e. The molecule has 9 heteroatoms. The lowest BCUT2D eigenvalue weighted by atomic mass is 10.0. The number of halogens is 1. The van der Waals surface area contributed by atoms with Gasteiger partial charge in [-0.2, -0.15) is 5.10 Å². The highest BCUT2D eigenvalue weighted by atomic mass is 35.5. The predicted molar refractivity (Wildman–Crippen MR) is 98.9 cm³/mol. The van der Waals surface area contributed by atoms with Gasteiger partial charge in [0.2, 0.25) is 0 Å². The number of esters is 1. The Morgan fingerprint density at radius 2 is 2.12 bits per heavy atom. The van der Waals surface area contributed by atoms with Crippen molar-refractivity contribution < 1.29 is 14.5 Å². The molecule has 0 amide bonds. The highest BCUT2D eigenvalue weighted by Crippen LogP contribution is 2.32. The standard InChI is InChI=1S/C17H21ClN4O4/c1-9(6-12-10(2)20-21(4)11(12)3)19-15-8-14(18)13(17(23)26-5)7-16(15)22(24)25/h7-9,19H,6H2,1-5H3. The Labute approximate surface area is 156 Å². The molecule has 0 spiro atoms. The molecule has 1 aromatic carbocycles. The van der Waals surface area contributed by atoms with Crippen LogP contribution in [-0.2, 0) is 18.2 Å². The number of nitrogens with zero attached hydrogens (tertiary/aromatic N) is 3. The first kappa shape index (κ1) is 19.7. The summed E-state index contributed by atoms with van der Waals surface area (Å²) in [6, 6.07) is 2.39. The number of hydrogen-bond acceptors (Lipinski definition) is 6. The molecule has 0 fully saturated rings. The van der Waals surface area contributed by atoms with E-state index in [1.807, 2.05) is 32.5 Å². The van der Waals surface area contributed by atoms with Gasteiger partial charge in [-0.1, -0.05) is 11.6 Å². The number of hydrogen-bond donors (Lipinski definition) is 1. The van der Waals surface area contributed by atoms with Crippen LogP contribution in [0, 0.1) is 24.0 Å². The Balaban J connectivity index is 2.31. The van der Waals surface area contributed by atoms with Gasteiger partial charge < -0.3 is 10.1 Å². The van der Waals surface area contributed by atoms with Crippen molar-refractivity contribution in [2.24, 2.45) is 7.05 Å². The van der Waals surface area contributed by atoms with Crippen LogP contribution in [0.3, 0.4) is 0 Å². The molecule has 1 heterocycles. The van der Waals surface area contributed by atoms with Gasteiger partial charge in [-0.3, -0.25) is 14.8 Å². The van der Waals surface area contributed by atoms with E-state index in [1.54, 1.807) is 0 Å². The minimum Gasteiger partial charge on any atom is -0.465 e. The van der Waals surface area contributed by atoms with Gasteiger partial charge >= 0.3 is 5.97 Å². The van der Waals surface area contributed by atoms with Crippen LogP contribution in [0.25, 0.3) is 0 Å². The summed E-state index contributed by atoms with van der Waals surface area (Å²) in [5.41, 5.74) is 3.03. The van der Waals surface area contributed by atoms with Crippen LogP contribution in [-0.4, -0.2) is 33.8 Å². The zero-order valence-corrected chi connectivity index (χ0v) is 16.0. The Morgan fingerprint density at radius 3 is 2.62 bits per heavy atom. The lowest BCUT2D eigenvalue weighted by Gasteiger charge is -2.16. The van der Waals surface area contributed by atoms with Crippen molar-refractivity contribution >= 4 is 28.9 Å². The monoisotopic (exact) mass is 380 g/mol. The number of nitro groups is 1. The first-order valence-electron chi connectivity index (χ1n) is 7.97. The summed E-state index contributed by atoms with van der Waals surface area (Å²) < 4.78 is 6.41. The van der Waals surface area contributed by atoms with Gasteiger partial charge in [0.05, 0.1) is 28.3 Å². The molecule has 0 aliphatic rings. The van der Waals surface area contributed by atoms with Crippen LogP contribution in [0.15, 0.2) is 12.1 Å². The average Bonchev–Trinajstić information content (AvgIpc) is 2.80. The molecule has 0 aliphatic carbocycles. The molecule has 1 aromatic heterocycles. The maximum atomic E-state index is 11.7. The predicted octanol–water partition coefficient (Wildman–Crippen LogP) is 3.43. The second-order valence-corrected chi connectivity index (χ2v) is 6.53. The fourth-order valence-electron chi connectivity index (χ4n) is 2.83. The molecule has 0 radical (unpaired) electrons. The van der Waals surface area contributed by atoms with Crippen molar-refractivity contribution in [1.29, 1.82) is 0 Å². The number of anilines is 1. The van der Waals surface area contributed by atoms with Crippen molar-refractivity contribution in [2.45, 2.75) is 33.2 Å². The van der Waals surface area contributed by atoms with Crippen LogP contribution < -0.4 is 5.32 Å². The molecule has 1 atom stereocenters. The molecule has 140 valence electrons. The molecular weight excluding hydrogens is 360 g/mol. The number of carbonyl (C=O) groups is 1. The number of nitrogens with one attached hydrogen (secondary N) is 1. The SMILES string of the molecule is COC(=O)c1cc([N+](=O)[O-])c(NC(C)Cc2c(C)nn(C)c2C)cc1Cl. The van der Waals surface area contributed by atoms with Crippen molar-refractivity contribution in [3.63, 3.8) is 0 Å². The topological polar surface area (TPSA) is 99.3 Å². The van der Waals surface area contributed by atoms with Gasteiger partial charge in [0.15, 0.2) is 0 Å². The minimum atomic E-state index is -0.723. The van der Waals surface area contributed by atoms with E-state index in [0.29, 0.717) is 6.42 Å². The van der Waals surface area contributed by atoms with E-state index >= 15 is 0 Å².